The van der Waals surface area contributed by atoms with E-state index in [1.165, 1.54) is 0 Å². The van der Waals surface area contributed by atoms with Gasteiger partial charge in [0.05, 0.1) is 5.69 Å². The van der Waals surface area contributed by atoms with Crippen LogP contribution in [0.25, 0.3) is 5.65 Å². The number of halogens is 1. The Bertz CT molecular complexity index is 445. The molecule has 3 heteroatoms. The van der Waals surface area contributed by atoms with Crippen LogP contribution in [0.5, 0.6) is 0 Å². The van der Waals surface area contributed by atoms with Crippen LogP contribution in [0.4, 0.5) is 0 Å². The van der Waals surface area contributed by atoms with Gasteiger partial charge in [0.1, 0.15) is 10.3 Å². The minimum atomic E-state index is 0.635. The Kier molecular flexibility index (Phi) is 2.59. The minimum absolute atomic E-state index is 0.635. The molecule has 0 spiro atoms. The quantitative estimate of drug-likeness (QED) is 0.802. The predicted molar refractivity (Wildman–Crippen MR) is 61.4 cm³/mol. The SMILES string of the molecule is CC(C)Cc1nc2ccccn2c1Br. The van der Waals surface area contributed by atoms with Gasteiger partial charge in [-0.15, -0.1) is 0 Å². The van der Waals surface area contributed by atoms with E-state index in [1.807, 2.05) is 24.4 Å². The van der Waals surface area contributed by atoms with E-state index in [9.17, 15) is 0 Å². The van der Waals surface area contributed by atoms with E-state index in [-0.39, 0.29) is 0 Å². The van der Waals surface area contributed by atoms with Crippen molar-refractivity contribution < 1.29 is 0 Å². The largest absolute Gasteiger partial charge is 0.294 e. The fourth-order valence-corrected chi connectivity index (χ4v) is 2.08. The highest BCUT2D eigenvalue weighted by molar-refractivity contribution is 9.10. The molecule has 0 aliphatic heterocycles. The number of aromatic nitrogens is 2. The zero-order valence-electron chi connectivity index (χ0n) is 8.37. The van der Waals surface area contributed by atoms with Crippen LogP contribution >= 0.6 is 15.9 Å². The molecule has 0 fully saturated rings. The first-order valence-electron chi connectivity index (χ1n) is 4.80. The second-order valence-electron chi connectivity index (χ2n) is 3.88. The number of fused-ring (bicyclic) bond motifs is 1. The summed E-state index contributed by atoms with van der Waals surface area (Å²) in [5, 5.41) is 0. The second kappa shape index (κ2) is 3.73. The summed E-state index contributed by atoms with van der Waals surface area (Å²) in [5.74, 6) is 0.635. The van der Waals surface area contributed by atoms with Crippen molar-refractivity contribution >= 4 is 21.6 Å². The summed E-state index contributed by atoms with van der Waals surface area (Å²) >= 11 is 3.58. The Balaban J connectivity index is 2.51. The lowest BCUT2D eigenvalue weighted by Gasteiger charge is -2.00. The molecule has 0 N–H and O–H groups in total. The van der Waals surface area contributed by atoms with Gasteiger partial charge in [0.15, 0.2) is 0 Å². The van der Waals surface area contributed by atoms with Crippen LogP contribution in [0.1, 0.15) is 19.5 Å². The molecule has 0 aliphatic rings. The van der Waals surface area contributed by atoms with E-state index in [0.717, 1.165) is 22.4 Å². The van der Waals surface area contributed by atoms with Crippen LogP contribution in [0, 0.1) is 5.92 Å². The third-order valence-electron chi connectivity index (χ3n) is 2.14. The molecule has 0 radical (unpaired) electrons. The van der Waals surface area contributed by atoms with E-state index in [0.29, 0.717) is 5.92 Å². The van der Waals surface area contributed by atoms with Crippen LogP contribution < -0.4 is 0 Å². The summed E-state index contributed by atoms with van der Waals surface area (Å²) < 4.78 is 3.15. The molecular weight excluding hydrogens is 240 g/mol. The molecule has 2 aromatic heterocycles. The Morgan fingerprint density at radius 2 is 2.21 bits per heavy atom. The molecule has 0 atom stereocenters. The Hall–Kier alpha value is -0.830. The van der Waals surface area contributed by atoms with Crippen molar-refractivity contribution in [3.63, 3.8) is 0 Å². The molecule has 74 valence electrons. The van der Waals surface area contributed by atoms with Crippen molar-refractivity contribution in [3.8, 4) is 0 Å². The molecule has 0 amide bonds. The van der Waals surface area contributed by atoms with Gasteiger partial charge in [-0.2, -0.15) is 0 Å². The minimum Gasteiger partial charge on any atom is -0.294 e. The Morgan fingerprint density at radius 3 is 2.86 bits per heavy atom. The van der Waals surface area contributed by atoms with Crippen LogP contribution in [0.3, 0.4) is 0 Å². The first-order chi connectivity index (χ1) is 6.68. The van der Waals surface area contributed by atoms with Crippen LogP contribution in [-0.2, 0) is 6.42 Å². The summed E-state index contributed by atoms with van der Waals surface area (Å²) in [6.45, 7) is 4.41. The van der Waals surface area contributed by atoms with Crippen LogP contribution in [0.15, 0.2) is 29.0 Å². The lowest BCUT2D eigenvalue weighted by Crippen LogP contribution is -1.94. The maximum atomic E-state index is 4.57. The molecule has 0 saturated carbocycles. The summed E-state index contributed by atoms with van der Waals surface area (Å²) in [7, 11) is 0. The maximum Gasteiger partial charge on any atom is 0.137 e. The smallest absolute Gasteiger partial charge is 0.137 e. The number of nitrogens with zero attached hydrogens (tertiary/aromatic N) is 2. The first kappa shape index (κ1) is 9.71. The molecule has 2 heterocycles. The highest BCUT2D eigenvalue weighted by Crippen LogP contribution is 2.21. The molecule has 0 bridgehead atoms. The zero-order chi connectivity index (χ0) is 10.1. The standard InChI is InChI=1S/C11H13BrN2/c1-8(2)7-9-11(12)14-6-4-3-5-10(14)13-9/h3-6,8H,7H2,1-2H3. The van der Waals surface area contributed by atoms with E-state index in [2.05, 4.69) is 39.2 Å². The van der Waals surface area contributed by atoms with Gasteiger partial charge < -0.3 is 0 Å². The van der Waals surface area contributed by atoms with Gasteiger partial charge in [0, 0.05) is 6.20 Å². The first-order valence-corrected chi connectivity index (χ1v) is 5.59. The average molecular weight is 253 g/mol. The number of hydrogen-bond donors (Lipinski definition) is 0. The Morgan fingerprint density at radius 1 is 1.43 bits per heavy atom. The predicted octanol–water partition coefficient (Wildman–Crippen LogP) is 3.30. The van der Waals surface area contributed by atoms with E-state index in [4.69, 9.17) is 0 Å². The van der Waals surface area contributed by atoms with Crippen molar-refractivity contribution in [2.24, 2.45) is 5.92 Å². The zero-order valence-corrected chi connectivity index (χ0v) is 9.95. The summed E-state index contributed by atoms with van der Waals surface area (Å²) in [4.78, 5) is 4.57. The summed E-state index contributed by atoms with van der Waals surface area (Å²) in [6.07, 6.45) is 3.04. The normalized spacial score (nSPS) is 11.4. The maximum absolute atomic E-state index is 4.57. The van der Waals surface area contributed by atoms with Crippen molar-refractivity contribution in [1.29, 1.82) is 0 Å². The average Bonchev–Trinajstić information content (AvgIpc) is 2.44. The molecule has 0 unspecified atom stereocenters. The van der Waals surface area contributed by atoms with Gasteiger partial charge in [-0.25, -0.2) is 4.98 Å². The highest BCUT2D eigenvalue weighted by atomic mass is 79.9. The summed E-state index contributed by atoms with van der Waals surface area (Å²) in [5.41, 5.74) is 2.15. The fraction of sp³-hybridized carbons (Fsp3) is 0.364. The molecule has 2 nitrogen and oxygen atoms in total. The van der Waals surface area contributed by atoms with Gasteiger partial charge in [0.2, 0.25) is 0 Å². The molecular formula is C11H13BrN2. The summed E-state index contributed by atoms with van der Waals surface area (Å²) in [6, 6.07) is 6.04. The van der Waals surface area contributed by atoms with Gasteiger partial charge in [-0.1, -0.05) is 19.9 Å². The van der Waals surface area contributed by atoms with Gasteiger partial charge in [-0.3, -0.25) is 4.40 Å². The third kappa shape index (κ3) is 1.69. The number of imidazole rings is 1. The second-order valence-corrected chi connectivity index (χ2v) is 4.63. The van der Waals surface area contributed by atoms with Crippen molar-refractivity contribution in [1.82, 2.24) is 9.38 Å². The number of hydrogen-bond acceptors (Lipinski definition) is 1. The fourth-order valence-electron chi connectivity index (χ4n) is 1.53. The topological polar surface area (TPSA) is 17.3 Å². The highest BCUT2D eigenvalue weighted by Gasteiger charge is 2.09. The van der Waals surface area contributed by atoms with E-state index in [1.54, 1.807) is 0 Å². The van der Waals surface area contributed by atoms with Crippen molar-refractivity contribution in [3.05, 3.63) is 34.7 Å². The molecule has 0 saturated heterocycles. The lowest BCUT2D eigenvalue weighted by molar-refractivity contribution is 0.636. The molecule has 0 aliphatic carbocycles. The number of rotatable bonds is 2. The Labute approximate surface area is 92.1 Å². The molecule has 0 aromatic carbocycles. The molecule has 2 rings (SSSR count). The molecule has 14 heavy (non-hydrogen) atoms. The third-order valence-corrected chi connectivity index (χ3v) is 2.98. The van der Waals surface area contributed by atoms with Crippen LogP contribution in [0.2, 0.25) is 0 Å². The van der Waals surface area contributed by atoms with Crippen molar-refractivity contribution in [2.75, 3.05) is 0 Å². The lowest BCUT2D eigenvalue weighted by atomic mass is 10.1. The van der Waals surface area contributed by atoms with Crippen LogP contribution in [-0.4, -0.2) is 9.38 Å². The van der Waals surface area contributed by atoms with E-state index >= 15 is 0 Å². The van der Waals surface area contributed by atoms with Gasteiger partial charge in [-0.05, 0) is 40.4 Å². The van der Waals surface area contributed by atoms with Gasteiger partial charge in [0.25, 0.3) is 0 Å². The van der Waals surface area contributed by atoms with E-state index < -0.39 is 0 Å². The monoisotopic (exact) mass is 252 g/mol. The van der Waals surface area contributed by atoms with Crippen molar-refractivity contribution in [2.45, 2.75) is 20.3 Å². The van der Waals surface area contributed by atoms with Gasteiger partial charge >= 0.3 is 0 Å². The number of pyridine rings is 1. The molecule has 2 aromatic rings.